The third-order valence-electron chi connectivity index (χ3n) is 2.73. The molecule has 2 amide bonds. The predicted octanol–water partition coefficient (Wildman–Crippen LogP) is 1.74. The van der Waals surface area contributed by atoms with Crippen molar-refractivity contribution in [2.24, 2.45) is 5.73 Å². The molecule has 0 saturated heterocycles. The summed E-state index contributed by atoms with van der Waals surface area (Å²) in [6.07, 6.45) is 0.952. The zero-order valence-electron chi connectivity index (χ0n) is 11.9. The summed E-state index contributed by atoms with van der Waals surface area (Å²) >= 11 is 5.75. The second-order valence-corrected chi connectivity index (χ2v) is 5.01. The van der Waals surface area contributed by atoms with Gasteiger partial charge in [0.05, 0.1) is 0 Å². The Morgan fingerprint density at radius 1 is 1.29 bits per heavy atom. The van der Waals surface area contributed by atoms with Crippen LogP contribution in [-0.2, 0) is 4.79 Å². The van der Waals surface area contributed by atoms with Gasteiger partial charge in [-0.1, -0.05) is 11.6 Å². The average Bonchev–Trinajstić information content (AvgIpc) is 2.44. The largest absolute Gasteiger partial charge is 0.352 e. The van der Waals surface area contributed by atoms with Crippen LogP contribution >= 0.6 is 24.0 Å². The Kier molecular flexibility index (Phi) is 9.78. The van der Waals surface area contributed by atoms with Crippen molar-refractivity contribution in [2.75, 3.05) is 13.1 Å². The second-order valence-electron chi connectivity index (χ2n) is 4.57. The molecule has 0 bridgehead atoms. The Bertz CT molecular complexity index is 452. The molecule has 0 aliphatic heterocycles. The predicted molar refractivity (Wildman–Crippen MR) is 86.9 cm³/mol. The zero-order valence-corrected chi connectivity index (χ0v) is 13.5. The van der Waals surface area contributed by atoms with Gasteiger partial charge in [-0.2, -0.15) is 0 Å². The molecular weight excluding hydrogens is 313 g/mol. The highest BCUT2D eigenvalue weighted by Crippen LogP contribution is 2.09. The van der Waals surface area contributed by atoms with Gasteiger partial charge in [0.1, 0.15) is 0 Å². The number of nitrogens with one attached hydrogen (secondary N) is 2. The lowest BCUT2D eigenvalue weighted by molar-refractivity contribution is -0.121. The van der Waals surface area contributed by atoms with E-state index in [2.05, 4.69) is 10.6 Å². The molecule has 118 valence electrons. The fraction of sp³-hybridized carbons (Fsp3) is 0.429. The van der Waals surface area contributed by atoms with Gasteiger partial charge in [0.2, 0.25) is 5.91 Å². The molecule has 0 fully saturated rings. The van der Waals surface area contributed by atoms with Gasteiger partial charge in [0.15, 0.2) is 0 Å². The third kappa shape index (κ3) is 7.90. The highest BCUT2D eigenvalue weighted by atomic mass is 35.5. The Morgan fingerprint density at radius 3 is 2.48 bits per heavy atom. The van der Waals surface area contributed by atoms with Crippen molar-refractivity contribution >= 4 is 35.8 Å². The van der Waals surface area contributed by atoms with E-state index in [1.807, 2.05) is 6.92 Å². The standard InChI is InChI=1S/C14H20ClN3O2.ClH/c1-10(9-16)18-13(19)3-2-8-17-14(20)11-4-6-12(15)7-5-11;/h4-7,10H,2-3,8-9,16H2,1H3,(H,17,20)(H,18,19);1H/t10-;/m0./s1. The minimum atomic E-state index is -0.169. The SMILES string of the molecule is C[C@@H](CN)NC(=O)CCCNC(=O)c1ccc(Cl)cc1.Cl. The third-order valence-corrected chi connectivity index (χ3v) is 2.99. The van der Waals surface area contributed by atoms with Gasteiger partial charge in [-0.05, 0) is 37.6 Å². The van der Waals surface area contributed by atoms with Crippen LogP contribution in [0.1, 0.15) is 30.1 Å². The number of carbonyl (C=O) groups excluding carboxylic acids is 2. The molecule has 0 saturated carbocycles. The topological polar surface area (TPSA) is 84.2 Å². The summed E-state index contributed by atoms with van der Waals surface area (Å²) in [6, 6.07) is 6.63. The van der Waals surface area contributed by atoms with Crippen LogP contribution < -0.4 is 16.4 Å². The van der Waals surface area contributed by atoms with Crippen molar-refractivity contribution in [3.63, 3.8) is 0 Å². The van der Waals surface area contributed by atoms with Crippen LogP contribution in [-0.4, -0.2) is 30.9 Å². The fourth-order valence-electron chi connectivity index (χ4n) is 1.56. The van der Waals surface area contributed by atoms with Crippen LogP contribution in [0, 0.1) is 0 Å². The van der Waals surface area contributed by atoms with Gasteiger partial charge in [0, 0.05) is 36.1 Å². The van der Waals surface area contributed by atoms with Crippen molar-refractivity contribution in [3.05, 3.63) is 34.9 Å². The van der Waals surface area contributed by atoms with Crippen LogP contribution in [0.3, 0.4) is 0 Å². The lowest BCUT2D eigenvalue weighted by atomic mass is 10.2. The molecule has 21 heavy (non-hydrogen) atoms. The number of hydrogen-bond acceptors (Lipinski definition) is 3. The van der Waals surface area contributed by atoms with E-state index in [4.69, 9.17) is 17.3 Å². The molecule has 0 aliphatic carbocycles. The summed E-state index contributed by atoms with van der Waals surface area (Å²) in [4.78, 5) is 23.2. The molecule has 1 rings (SSSR count). The maximum absolute atomic E-state index is 11.8. The molecular formula is C14H21Cl2N3O2. The van der Waals surface area contributed by atoms with E-state index in [-0.39, 0.29) is 30.3 Å². The van der Waals surface area contributed by atoms with Crippen molar-refractivity contribution in [3.8, 4) is 0 Å². The van der Waals surface area contributed by atoms with Crippen LogP contribution in [0.25, 0.3) is 0 Å². The summed E-state index contributed by atoms with van der Waals surface area (Å²) in [5.41, 5.74) is 5.96. The molecule has 0 aromatic heterocycles. The van der Waals surface area contributed by atoms with E-state index in [1.165, 1.54) is 0 Å². The molecule has 0 unspecified atom stereocenters. The maximum Gasteiger partial charge on any atom is 0.251 e. The molecule has 1 atom stereocenters. The van der Waals surface area contributed by atoms with E-state index < -0.39 is 0 Å². The van der Waals surface area contributed by atoms with Gasteiger partial charge in [-0.25, -0.2) is 0 Å². The molecule has 7 heteroatoms. The Labute approximate surface area is 136 Å². The first-order valence-electron chi connectivity index (χ1n) is 6.56. The summed E-state index contributed by atoms with van der Waals surface area (Å²) in [7, 11) is 0. The van der Waals surface area contributed by atoms with Gasteiger partial charge in [0.25, 0.3) is 5.91 Å². The lowest BCUT2D eigenvalue weighted by Crippen LogP contribution is -2.38. The molecule has 0 spiro atoms. The van der Waals surface area contributed by atoms with Crippen LogP contribution in [0.15, 0.2) is 24.3 Å². The van der Waals surface area contributed by atoms with Crippen molar-refractivity contribution in [1.82, 2.24) is 10.6 Å². The van der Waals surface area contributed by atoms with E-state index in [1.54, 1.807) is 24.3 Å². The van der Waals surface area contributed by atoms with Crippen LogP contribution in [0.4, 0.5) is 0 Å². The van der Waals surface area contributed by atoms with Crippen molar-refractivity contribution < 1.29 is 9.59 Å². The van der Waals surface area contributed by atoms with Gasteiger partial charge in [-0.3, -0.25) is 9.59 Å². The van der Waals surface area contributed by atoms with E-state index in [9.17, 15) is 9.59 Å². The molecule has 5 nitrogen and oxygen atoms in total. The normalized spacial score (nSPS) is 11.2. The van der Waals surface area contributed by atoms with Gasteiger partial charge in [-0.15, -0.1) is 12.4 Å². The van der Waals surface area contributed by atoms with Crippen molar-refractivity contribution in [2.45, 2.75) is 25.8 Å². The number of rotatable bonds is 7. The summed E-state index contributed by atoms with van der Waals surface area (Å²) < 4.78 is 0. The Balaban J connectivity index is 0.00000400. The highest BCUT2D eigenvalue weighted by Gasteiger charge is 2.07. The molecule has 1 aromatic carbocycles. The first kappa shape index (κ1) is 19.7. The lowest BCUT2D eigenvalue weighted by Gasteiger charge is -2.11. The van der Waals surface area contributed by atoms with E-state index in [0.29, 0.717) is 36.5 Å². The number of hydrogen-bond donors (Lipinski definition) is 3. The summed E-state index contributed by atoms with van der Waals surface area (Å²) in [6.45, 7) is 2.71. The minimum absolute atomic E-state index is 0. The average molecular weight is 334 g/mol. The number of benzene rings is 1. The van der Waals surface area contributed by atoms with Crippen molar-refractivity contribution in [1.29, 1.82) is 0 Å². The summed E-state index contributed by atoms with van der Waals surface area (Å²) in [5.74, 6) is -0.221. The quantitative estimate of drug-likeness (QED) is 0.664. The zero-order chi connectivity index (χ0) is 15.0. The van der Waals surface area contributed by atoms with E-state index >= 15 is 0 Å². The smallest absolute Gasteiger partial charge is 0.251 e. The van der Waals surface area contributed by atoms with Crippen LogP contribution in [0.2, 0.25) is 5.02 Å². The molecule has 0 radical (unpaired) electrons. The monoisotopic (exact) mass is 333 g/mol. The highest BCUT2D eigenvalue weighted by molar-refractivity contribution is 6.30. The molecule has 0 heterocycles. The maximum atomic E-state index is 11.8. The minimum Gasteiger partial charge on any atom is -0.352 e. The van der Waals surface area contributed by atoms with Crippen LogP contribution in [0.5, 0.6) is 0 Å². The molecule has 0 aliphatic rings. The Hall–Kier alpha value is -1.30. The second kappa shape index (κ2) is 10.4. The molecule has 4 N–H and O–H groups in total. The van der Waals surface area contributed by atoms with Gasteiger partial charge < -0.3 is 16.4 Å². The Morgan fingerprint density at radius 2 is 1.90 bits per heavy atom. The first-order chi connectivity index (χ1) is 9.52. The number of nitrogens with two attached hydrogens (primary N) is 1. The number of carbonyl (C=O) groups is 2. The number of amides is 2. The first-order valence-corrected chi connectivity index (χ1v) is 6.94. The number of halogens is 2. The molecule has 1 aromatic rings. The summed E-state index contributed by atoms with van der Waals surface area (Å²) in [5, 5.41) is 6.11. The van der Waals surface area contributed by atoms with E-state index in [0.717, 1.165) is 0 Å². The fourth-order valence-corrected chi connectivity index (χ4v) is 1.69. The van der Waals surface area contributed by atoms with Gasteiger partial charge >= 0.3 is 0 Å².